The molecule has 1 saturated heterocycles. The van der Waals surface area contributed by atoms with E-state index >= 15 is 0 Å². The summed E-state index contributed by atoms with van der Waals surface area (Å²) >= 11 is 0. The lowest BCUT2D eigenvalue weighted by Gasteiger charge is -2.17. The van der Waals surface area contributed by atoms with E-state index in [4.69, 9.17) is 0 Å². The van der Waals surface area contributed by atoms with Crippen LogP contribution in [0, 0.1) is 0 Å². The number of amides is 1. The molecule has 0 saturated carbocycles. The lowest BCUT2D eigenvalue weighted by Crippen LogP contribution is -2.32. The second-order valence-corrected chi connectivity index (χ2v) is 5.63. The highest BCUT2D eigenvalue weighted by Gasteiger charge is 2.20. The third-order valence-electron chi connectivity index (χ3n) is 2.18. The topological polar surface area (TPSA) is 54.5 Å². The molecule has 0 radical (unpaired) electrons. The Hall–Kier alpha value is -0.840. The van der Waals surface area contributed by atoms with Gasteiger partial charge in [0.2, 0.25) is 5.91 Å². The van der Waals surface area contributed by atoms with E-state index in [2.05, 4.69) is 0 Å². The van der Waals surface area contributed by atoms with Crippen molar-refractivity contribution in [3.8, 4) is 0 Å². The monoisotopic (exact) mass is 217 g/mol. The highest BCUT2D eigenvalue weighted by molar-refractivity contribution is 7.91. The first-order valence-electron chi connectivity index (χ1n) is 4.67. The number of sulfone groups is 1. The van der Waals surface area contributed by atoms with Crippen molar-refractivity contribution >= 4 is 15.7 Å². The van der Waals surface area contributed by atoms with Crippen LogP contribution in [0.5, 0.6) is 0 Å². The van der Waals surface area contributed by atoms with Crippen LogP contribution in [-0.2, 0) is 14.6 Å². The summed E-state index contributed by atoms with van der Waals surface area (Å²) in [5, 5.41) is 0. The quantitative estimate of drug-likeness (QED) is 0.590. The zero-order valence-electron chi connectivity index (χ0n) is 8.27. The van der Waals surface area contributed by atoms with Crippen LogP contribution in [0.1, 0.15) is 13.3 Å². The summed E-state index contributed by atoms with van der Waals surface area (Å²) in [6.45, 7) is 2.64. The van der Waals surface area contributed by atoms with Crippen LogP contribution in [0.3, 0.4) is 0 Å². The smallest absolute Gasteiger partial charge is 0.246 e. The van der Waals surface area contributed by atoms with Crippen LogP contribution >= 0.6 is 0 Å². The molecule has 1 rings (SSSR count). The Balaban J connectivity index is 2.63. The van der Waals surface area contributed by atoms with E-state index < -0.39 is 9.84 Å². The highest BCUT2D eigenvalue weighted by Crippen LogP contribution is 2.05. The molecule has 5 heteroatoms. The van der Waals surface area contributed by atoms with E-state index in [-0.39, 0.29) is 17.4 Å². The molecule has 0 aromatic rings. The van der Waals surface area contributed by atoms with Crippen LogP contribution in [0.15, 0.2) is 12.2 Å². The van der Waals surface area contributed by atoms with E-state index in [1.807, 2.05) is 0 Å². The van der Waals surface area contributed by atoms with E-state index in [1.165, 1.54) is 6.08 Å². The summed E-state index contributed by atoms with van der Waals surface area (Å²) < 4.78 is 22.5. The molecule has 0 aromatic heterocycles. The summed E-state index contributed by atoms with van der Waals surface area (Å²) in [6.07, 6.45) is 3.69. The molecule has 0 aliphatic carbocycles. The zero-order valence-corrected chi connectivity index (χ0v) is 9.09. The molecule has 0 N–H and O–H groups in total. The van der Waals surface area contributed by atoms with Crippen molar-refractivity contribution in [3.63, 3.8) is 0 Å². The van der Waals surface area contributed by atoms with E-state index in [1.54, 1.807) is 17.9 Å². The van der Waals surface area contributed by atoms with Gasteiger partial charge in [0.1, 0.15) is 0 Å². The van der Waals surface area contributed by atoms with Crippen LogP contribution in [0.25, 0.3) is 0 Å². The second-order valence-electron chi connectivity index (χ2n) is 3.33. The van der Waals surface area contributed by atoms with Gasteiger partial charge in [0.25, 0.3) is 0 Å². The predicted molar refractivity (Wildman–Crippen MR) is 54.7 cm³/mol. The Labute approximate surface area is 84.5 Å². The van der Waals surface area contributed by atoms with Crippen molar-refractivity contribution in [1.29, 1.82) is 0 Å². The Morgan fingerprint density at radius 1 is 1.29 bits per heavy atom. The van der Waals surface area contributed by atoms with Gasteiger partial charge in [0.15, 0.2) is 9.84 Å². The first kappa shape index (κ1) is 11.2. The van der Waals surface area contributed by atoms with Crippen LogP contribution in [0.4, 0.5) is 0 Å². The van der Waals surface area contributed by atoms with E-state index in [9.17, 15) is 13.2 Å². The average Bonchev–Trinajstić information content (AvgIpc) is 2.27. The van der Waals surface area contributed by atoms with Crippen LogP contribution in [-0.4, -0.2) is 43.8 Å². The Morgan fingerprint density at radius 2 is 2.00 bits per heavy atom. The third-order valence-corrected chi connectivity index (χ3v) is 3.89. The van der Waals surface area contributed by atoms with Crippen molar-refractivity contribution in [2.75, 3.05) is 24.6 Å². The van der Waals surface area contributed by atoms with Gasteiger partial charge in [0.05, 0.1) is 11.5 Å². The molecule has 0 aromatic carbocycles. The van der Waals surface area contributed by atoms with Gasteiger partial charge < -0.3 is 4.90 Å². The number of hydrogen-bond acceptors (Lipinski definition) is 3. The summed E-state index contributed by atoms with van der Waals surface area (Å²) in [6, 6.07) is 0. The SMILES string of the molecule is CC=CC(=O)N1CCCS(=O)(=O)CC1. The minimum absolute atomic E-state index is 0.0930. The van der Waals surface area contributed by atoms with Gasteiger partial charge in [-0.2, -0.15) is 0 Å². The minimum Gasteiger partial charge on any atom is -0.338 e. The van der Waals surface area contributed by atoms with Crippen LogP contribution in [0.2, 0.25) is 0 Å². The van der Waals surface area contributed by atoms with Gasteiger partial charge in [0, 0.05) is 13.1 Å². The number of rotatable bonds is 1. The summed E-state index contributed by atoms with van der Waals surface area (Å²) in [5.74, 6) is 0.202. The molecule has 1 aliphatic rings. The van der Waals surface area contributed by atoms with Gasteiger partial charge in [-0.25, -0.2) is 8.42 Å². The molecule has 1 fully saturated rings. The van der Waals surface area contributed by atoms with Gasteiger partial charge >= 0.3 is 0 Å². The second kappa shape index (κ2) is 4.59. The number of allylic oxidation sites excluding steroid dienone is 1. The fourth-order valence-corrected chi connectivity index (χ4v) is 2.68. The molecule has 0 unspecified atom stereocenters. The van der Waals surface area contributed by atoms with Gasteiger partial charge in [-0.05, 0) is 19.4 Å². The number of nitrogens with zero attached hydrogens (tertiary/aromatic N) is 1. The largest absolute Gasteiger partial charge is 0.338 e. The van der Waals surface area contributed by atoms with Crippen molar-refractivity contribution in [2.45, 2.75) is 13.3 Å². The van der Waals surface area contributed by atoms with Crippen molar-refractivity contribution in [3.05, 3.63) is 12.2 Å². The maximum atomic E-state index is 11.4. The van der Waals surface area contributed by atoms with Crippen molar-refractivity contribution in [1.82, 2.24) is 4.90 Å². The van der Waals surface area contributed by atoms with E-state index in [0.717, 1.165) is 0 Å². The molecule has 1 heterocycles. The average molecular weight is 217 g/mol. The summed E-state index contributed by atoms with van der Waals surface area (Å²) in [4.78, 5) is 13.0. The Bertz CT molecular complexity index is 332. The molecule has 4 nitrogen and oxygen atoms in total. The molecule has 14 heavy (non-hydrogen) atoms. The Morgan fingerprint density at radius 3 is 2.64 bits per heavy atom. The fraction of sp³-hybridized carbons (Fsp3) is 0.667. The van der Waals surface area contributed by atoms with Gasteiger partial charge in [-0.1, -0.05) is 6.08 Å². The van der Waals surface area contributed by atoms with Crippen molar-refractivity contribution < 1.29 is 13.2 Å². The molecule has 1 amide bonds. The molecule has 0 bridgehead atoms. The number of hydrogen-bond donors (Lipinski definition) is 0. The Kier molecular flexibility index (Phi) is 3.69. The molecular weight excluding hydrogens is 202 g/mol. The first-order chi connectivity index (χ1) is 6.55. The van der Waals surface area contributed by atoms with Gasteiger partial charge in [-0.3, -0.25) is 4.79 Å². The van der Waals surface area contributed by atoms with Crippen molar-refractivity contribution in [2.24, 2.45) is 0 Å². The number of carbonyl (C=O) groups excluding carboxylic acids is 1. The zero-order chi connectivity index (χ0) is 10.6. The lowest BCUT2D eigenvalue weighted by molar-refractivity contribution is -0.125. The molecule has 0 atom stereocenters. The first-order valence-corrected chi connectivity index (χ1v) is 6.49. The lowest BCUT2D eigenvalue weighted by atomic mass is 10.3. The summed E-state index contributed by atoms with van der Waals surface area (Å²) in [5.41, 5.74) is 0. The minimum atomic E-state index is -2.92. The summed E-state index contributed by atoms with van der Waals surface area (Å²) in [7, 11) is -2.92. The third kappa shape index (κ3) is 3.14. The molecule has 1 aliphatic heterocycles. The van der Waals surface area contributed by atoms with Gasteiger partial charge in [-0.15, -0.1) is 0 Å². The fourth-order valence-electron chi connectivity index (χ4n) is 1.41. The molecular formula is C9H15NO3S. The highest BCUT2D eigenvalue weighted by atomic mass is 32.2. The maximum absolute atomic E-state index is 11.4. The number of carbonyl (C=O) groups is 1. The van der Waals surface area contributed by atoms with Crippen LogP contribution < -0.4 is 0 Å². The van der Waals surface area contributed by atoms with E-state index in [0.29, 0.717) is 19.5 Å². The molecule has 80 valence electrons. The molecule has 0 spiro atoms. The standard InChI is InChI=1S/C9H15NO3S/c1-2-4-9(11)10-5-3-7-14(12,13)8-6-10/h2,4H,3,5-8H2,1H3. The maximum Gasteiger partial charge on any atom is 0.246 e. The normalized spacial score (nSPS) is 22.2. The predicted octanol–water partition coefficient (Wildman–Crippen LogP) is 0.210.